The van der Waals surface area contributed by atoms with Gasteiger partial charge in [-0.1, -0.05) is 15.9 Å². The van der Waals surface area contributed by atoms with E-state index in [1.54, 1.807) is 19.1 Å². The molecule has 3 nitrogen and oxygen atoms in total. The molecule has 1 aromatic carbocycles. The van der Waals surface area contributed by atoms with E-state index in [2.05, 4.69) is 20.9 Å². The van der Waals surface area contributed by atoms with E-state index in [9.17, 15) is 9.18 Å². The fourth-order valence-electron chi connectivity index (χ4n) is 1.51. The molecule has 1 heterocycles. The smallest absolute Gasteiger partial charge is 0.267 e. The lowest BCUT2D eigenvalue weighted by Gasteiger charge is -2.08. The number of benzene rings is 1. The Kier molecular flexibility index (Phi) is 4.16. The topological polar surface area (TPSA) is 34.9 Å². The van der Waals surface area contributed by atoms with Gasteiger partial charge in [0.25, 0.3) is 5.56 Å². The van der Waals surface area contributed by atoms with Gasteiger partial charge in [0, 0.05) is 10.0 Å². The number of halogens is 3. The maximum absolute atomic E-state index is 13.6. The molecule has 0 atom stereocenters. The molecule has 0 fully saturated rings. The van der Waals surface area contributed by atoms with E-state index in [-0.39, 0.29) is 17.9 Å². The molecular weight excluding hydrogens is 414 g/mol. The minimum Gasteiger partial charge on any atom is -0.294 e. The van der Waals surface area contributed by atoms with Crippen LogP contribution >= 0.6 is 38.5 Å². The van der Waals surface area contributed by atoms with Crippen LogP contribution in [0.15, 0.2) is 33.8 Å². The van der Waals surface area contributed by atoms with Gasteiger partial charge in [-0.3, -0.25) is 9.36 Å². The van der Waals surface area contributed by atoms with Crippen molar-refractivity contribution in [2.45, 2.75) is 13.5 Å². The number of hydrogen-bond acceptors (Lipinski definition) is 2. The van der Waals surface area contributed by atoms with Gasteiger partial charge < -0.3 is 0 Å². The lowest BCUT2D eigenvalue weighted by molar-refractivity contribution is 0.592. The third-order valence-electron chi connectivity index (χ3n) is 2.51. The van der Waals surface area contributed by atoms with E-state index < -0.39 is 0 Å². The molecule has 6 heteroatoms. The number of aryl methyl sites for hydroxylation is 1. The molecule has 0 unspecified atom stereocenters. The van der Waals surface area contributed by atoms with Crippen molar-refractivity contribution >= 4 is 38.5 Å². The van der Waals surface area contributed by atoms with Crippen molar-refractivity contribution in [3.63, 3.8) is 0 Å². The summed E-state index contributed by atoms with van der Waals surface area (Å²) in [4.78, 5) is 16.1. The van der Waals surface area contributed by atoms with Crippen molar-refractivity contribution in [1.82, 2.24) is 9.55 Å². The standard InChI is InChI=1S/C12H9BrFIN2O/c1-7-11(15)12(18)17(6-16-7)5-8-4-9(13)2-3-10(8)14/h2-4,6H,5H2,1H3. The van der Waals surface area contributed by atoms with Crippen molar-refractivity contribution in [3.05, 3.63) is 60.0 Å². The van der Waals surface area contributed by atoms with E-state index >= 15 is 0 Å². The Morgan fingerprint density at radius 1 is 1.50 bits per heavy atom. The first kappa shape index (κ1) is 13.7. The summed E-state index contributed by atoms with van der Waals surface area (Å²) in [6.45, 7) is 1.95. The van der Waals surface area contributed by atoms with Crippen molar-refractivity contribution in [3.8, 4) is 0 Å². The minimum absolute atomic E-state index is 0.150. The molecule has 18 heavy (non-hydrogen) atoms. The first-order valence-electron chi connectivity index (χ1n) is 5.14. The quantitative estimate of drug-likeness (QED) is 0.697. The predicted octanol–water partition coefficient (Wildman–Crippen LogP) is 3.11. The highest BCUT2D eigenvalue weighted by Gasteiger charge is 2.08. The van der Waals surface area contributed by atoms with E-state index in [0.717, 1.165) is 4.47 Å². The normalized spacial score (nSPS) is 10.7. The van der Waals surface area contributed by atoms with Crippen LogP contribution in [0.2, 0.25) is 0 Å². The van der Waals surface area contributed by atoms with Crippen LogP contribution in [-0.4, -0.2) is 9.55 Å². The predicted molar refractivity (Wildman–Crippen MR) is 79.2 cm³/mol. The Morgan fingerprint density at radius 3 is 2.94 bits per heavy atom. The van der Waals surface area contributed by atoms with Gasteiger partial charge in [0.15, 0.2) is 0 Å². The molecule has 1 aromatic heterocycles. The Labute approximate surface area is 125 Å². The number of nitrogens with zero attached hydrogens (tertiary/aromatic N) is 2. The van der Waals surface area contributed by atoms with Crippen molar-refractivity contribution in [1.29, 1.82) is 0 Å². The molecule has 0 saturated heterocycles. The summed E-state index contributed by atoms with van der Waals surface area (Å²) in [5, 5.41) is 0. The maximum Gasteiger partial charge on any atom is 0.267 e. The van der Waals surface area contributed by atoms with Gasteiger partial charge in [-0.2, -0.15) is 0 Å². The zero-order valence-corrected chi connectivity index (χ0v) is 13.2. The average molecular weight is 423 g/mol. The van der Waals surface area contributed by atoms with Crippen LogP contribution in [0.4, 0.5) is 4.39 Å². The Hall–Kier alpha value is -0.760. The van der Waals surface area contributed by atoms with Gasteiger partial charge in [0.2, 0.25) is 0 Å². The zero-order valence-electron chi connectivity index (χ0n) is 9.45. The fraction of sp³-hybridized carbons (Fsp3) is 0.167. The second-order valence-corrected chi connectivity index (χ2v) is 5.81. The Balaban J connectivity index is 2.44. The van der Waals surface area contributed by atoms with Crippen LogP contribution in [0.5, 0.6) is 0 Å². The first-order chi connectivity index (χ1) is 8.49. The van der Waals surface area contributed by atoms with Gasteiger partial charge in [0.1, 0.15) is 5.82 Å². The van der Waals surface area contributed by atoms with Crippen LogP contribution in [0.3, 0.4) is 0 Å². The Bertz CT molecular complexity index is 657. The summed E-state index contributed by atoms with van der Waals surface area (Å²) >= 11 is 5.24. The lowest BCUT2D eigenvalue weighted by Crippen LogP contribution is -2.24. The van der Waals surface area contributed by atoms with E-state index in [1.165, 1.54) is 17.0 Å². The largest absolute Gasteiger partial charge is 0.294 e. The molecule has 2 aromatic rings. The molecule has 0 N–H and O–H groups in total. The first-order valence-corrected chi connectivity index (χ1v) is 7.01. The fourth-order valence-corrected chi connectivity index (χ4v) is 2.36. The monoisotopic (exact) mass is 422 g/mol. The molecule has 0 aliphatic rings. The highest BCUT2D eigenvalue weighted by Crippen LogP contribution is 2.16. The minimum atomic E-state index is -0.333. The van der Waals surface area contributed by atoms with Crippen LogP contribution in [0.1, 0.15) is 11.3 Å². The lowest BCUT2D eigenvalue weighted by atomic mass is 10.2. The molecule has 2 rings (SSSR count). The van der Waals surface area contributed by atoms with Crippen molar-refractivity contribution < 1.29 is 4.39 Å². The van der Waals surface area contributed by atoms with Crippen molar-refractivity contribution in [2.24, 2.45) is 0 Å². The molecule has 0 aliphatic heterocycles. The second kappa shape index (κ2) is 5.48. The molecular formula is C12H9BrFIN2O. The van der Waals surface area contributed by atoms with Gasteiger partial charge in [0.05, 0.1) is 22.1 Å². The van der Waals surface area contributed by atoms with Gasteiger partial charge in [-0.05, 0) is 47.7 Å². The highest BCUT2D eigenvalue weighted by molar-refractivity contribution is 14.1. The van der Waals surface area contributed by atoms with Crippen LogP contribution in [-0.2, 0) is 6.54 Å². The van der Waals surface area contributed by atoms with Gasteiger partial charge in [-0.25, -0.2) is 9.37 Å². The summed E-state index contributed by atoms with van der Waals surface area (Å²) in [6, 6.07) is 4.66. The zero-order chi connectivity index (χ0) is 13.3. The van der Waals surface area contributed by atoms with Crippen molar-refractivity contribution in [2.75, 3.05) is 0 Å². The molecule has 0 aliphatic carbocycles. The third-order valence-corrected chi connectivity index (χ3v) is 4.24. The number of hydrogen-bond donors (Lipinski definition) is 0. The Morgan fingerprint density at radius 2 is 2.22 bits per heavy atom. The second-order valence-electron chi connectivity index (χ2n) is 3.81. The molecule has 0 amide bonds. The van der Waals surface area contributed by atoms with E-state index in [4.69, 9.17) is 0 Å². The summed E-state index contributed by atoms with van der Waals surface area (Å²) in [5.41, 5.74) is 0.988. The summed E-state index contributed by atoms with van der Waals surface area (Å²) in [7, 11) is 0. The molecule has 0 spiro atoms. The van der Waals surface area contributed by atoms with Crippen LogP contribution in [0, 0.1) is 16.3 Å². The van der Waals surface area contributed by atoms with Crippen LogP contribution < -0.4 is 5.56 Å². The van der Waals surface area contributed by atoms with Crippen LogP contribution in [0.25, 0.3) is 0 Å². The van der Waals surface area contributed by atoms with Gasteiger partial charge >= 0.3 is 0 Å². The SMILES string of the molecule is Cc1ncn(Cc2cc(Br)ccc2F)c(=O)c1I. The van der Waals surface area contributed by atoms with E-state index in [1.807, 2.05) is 22.6 Å². The third kappa shape index (κ3) is 2.80. The summed E-state index contributed by atoms with van der Waals surface area (Å²) < 4.78 is 16.4. The summed E-state index contributed by atoms with van der Waals surface area (Å²) in [6.07, 6.45) is 1.44. The van der Waals surface area contributed by atoms with E-state index in [0.29, 0.717) is 14.8 Å². The molecule has 0 bridgehead atoms. The molecule has 94 valence electrons. The molecule has 0 radical (unpaired) electrons. The molecule has 0 saturated carbocycles. The number of rotatable bonds is 2. The van der Waals surface area contributed by atoms with Gasteiger partial charge in [-0.15, -0.1) is 0 Å². The number of aromatic nitrogens is 2. The maximum atomic E-state index is 13.6. The average Bonchev–Trinajstić information content (AvgIpc) is 2.34. The summed E-state index contributed by atoms with van der Waals surface area (Å²) in [5.74, 6) is -0.333. The highest BCUT2D eigenvalue weighted by atomic mass is 127.